The van der Waals surface area contributed by atoms with Crippen molar-refractivity contribution in [3.05, 3.63) is 24.3 Å². The lowest BCUT2D eigenvalue weighted by Crippen LogP contribution is -2.41. The lowest BCUT2D eigenvalue weighted by Gasteiger charge is -2.14. The van der Waals surface area contributed by atoms with E-state index in [1.54, 1.807) is 4.72 Å². The van der Waals surface area contributed by atoms with Crippen LogP contribution >= 0.6 is 12.4 Å². The van der Waals surface area contributed by atoms with Crippen LogP contribution in [0.15, 0.2) is 34.1 Å². The summed E-state index contributed by atoms with van der Waals surface area (Å²) in [5, 5.41) is 0. The highest BCUT2D eigenvalue weighted by Gasteiger charge is 2.29. The Hall–Kier alpha value is -0.810. The second kappa shape index (κ2) is 6.97. The molecule has 0 fully saturated rings. The smallest absolute Gasteiger partial charge is 0.273 e. The predicted octanol–water partition coefficient (Wildman–Crippen LogP) is 0.384. The van der Waals surface area contributed by atoms with E-state index < -0.39 is 38.9 Å². The van der Waals surface area contributed by atoms with E-state index in [2.05, 4.69) is 0 Å². The van der Waals surface area contributed by atoms with E-state index in [0.29, 0.717) is 0 Å². The maximum atomic E-state index is 12.9. The van der Waals surface area contributed by atoms with Gasteiger partial charge < -0.3 is 5.73 Å². The average molecular weight is 365 g/mol. The minimum Gasteiger partial charge on any atom is -0.325 e. The molecule has 0 spiro atoms. The van der Waals surface area contributed by atoms with Crippen LogP contribution in [0.4, 0.5) is 8.78 Å². The van der Waals surface area contributed by atoms with Gasteiger partial charge in [-0.1, -0.05) is 0 Å². The van der Waals surface area contributed by atoms with E-state index in [0.717, 1.165) is 30.5 Å². The van der Waals surface area contributed by atoms with Gasteiger partial charge in [-0.05, 0) is 24.3 Å². The van der Waals surface area contributed by atoms with Crippen molar-refractivity contribution in [1.82, 2.24) is 4.72 Å². The predicted molar refractivity (Wildman–Crippen MR) is 76.0 cm³/mol. The van der Waals surface area contributed by atoms with Crippen LogP contribution in [0.2, 0.25) is 0 Å². The summed E-state index contributed by atoms with van der Waals surface area (Å²) in [7, 11) is -7.60. The number of hydrogen-bond donors (Lipinski definition) is 2. The fourth-order valence-electron chi connectivity index (χ4n) is 1.22. The van der Waals surface area contributed by atoms with Gasteiger partial charge in [-0.25, -0.2) is 30.3 Å². The lowest BCUT2D eigenvalue weighted by molar-refractivity contribution is 0.0170. The molecule has 0 aliphatic heterocycles. The number of benzene rings is 1. The van der Waals surface area contributed by atoms with E-state index in [-0.39, 0.29) is 22.2 Å². The summed E-state index contributed by atoms with van der Waals surface area (Å²) in [6, 6.07) is 4.23. The quantitative estimate of drug-likeness (QED) is 0.759. The molecule has 3 N–H and O–H groups in total. The second-order valence-electron chi connectivity index (χ2n) is 4.13. The molecule has 21 heavy (non-hydrogen) atoms. The molecule has 0 atom stereocenters. The van der Waals surface area contributed by atoms with Crippen molar-refractivity contribution < 1.29 is 25.6 Å². The zero-order chi connectivity index (χ0) is 15.6. The minimum atomic E-state index is -4.15. The zero-order valence-electron chi connectivity index (χ0n) is 10.9. The highest BCUT2D eigenvalue weighted by atomic mass is 35.5. The van der Waals surface area contributed by atoms with Crippen LogP contribution < -0.4 is 10.5 Å². The molecule has 1 aromatic rings. The summed E-state index contributed by atoms with van der Waals surface area (Å²) in [6.45, 7) is -2.11. The molecule has 1 rings (SSSR count). The number of halogens is 3. The van der Waals surface area contributed by atoms with Crippen molar-refractivity contribution in [1.29, 1.82) is 0 Å². The third-order valence-electron chi connectivity index (χ3n) is 2.38. The first-order chi connectivity index (χ1) is 8.98. The molecule has 0 saturated carbocycles. The Labute approximate surface area is 128 Å². The molecule has 6 nitrogen and oxygen atoms in total. The van der Waals surface area contributed by atoms with E-state index in [1.807, 2.05) is 0 Å². The van der Waals surface area contributed by atoms with Crippen molar-refractivity contribution in [2.24, 2.45) is 5.73 Å². The van der Waals surface area contributed by atoms with Crippen molar-refractivity contribution in [3.63, 3.8) is 0 Å². The molecule has 0 aliphatic carbocycles. The molecule has 0 saturated heterocycles. The fraction of sp³-hybridized carbons (Fsp3) is 0.400. The molecule has 0 unspecified atom stereocenters. The van der Waals surface area contributed by atoms with Crippen LogP contribution in [0.5, 0.6) is 0 Å². The van der Waals surface area contributed by atoms with Crippen molar-refractivity contribution >= 4 is 32.3 Å². The highest BCUT2D eigenvalue weighted by molar-refractivity contribution is 7.90. The Bertz CT molecular complexity index is 676. The van der Waals surface area contributed by atoms with E-state index in [4.69, 9.17) is 5.73 Å². The van der Waals surface area contributed by atoms with E-state index >= 15 is 0 Å². The van der Waals surface area contributed by atoms with Crippen LogP contribution in [0.1, 0.15) is 0 Å². The third kappa shape index (κ3) is 5.83. The highest BCUT2D eigenvalue weighted by Crippen LogP contribution is 2.16. The molecule has 0 aromatic heterocycles. The van der Waals surface area contributed by atoms with Crippen molar-refractivity contribution in [2.75, 3.05) is 19.3 Å². The van der Waals surface area contributed by atoms with Crippen molar-refractivity contribution in [3.8, 4) is 0 Å². The lowest BCUT2D eigenvalue weighted by atomic mass is 10.3. The summed E-state index contributed by atoms with van der Waals surface area (Å²) in [5.41, 5.74) is 4.79. The van der Waals surface area contributed by atoms with Gasteiger partial charge in [0.05, 0.1) is 22.9 Å². The normalized spacial score (nSPS) is 12.8. The van der Waals surface area contributed by atoms with Crippen LogP contribution in [0, 0.1) is 0 Å². The molecule has 0 amide bonds. The first kappa shape index (κ1) is 20.2. The molecular formula is C10H15ClF2N2O4S2. The largest absolute Gasteiger partial charge is 0.325 e. The van der Waals surface area contributed by atoms with Gasteiger partial charge in [0.2, 0.25) is 10.0 Å². The van der Waals surface area contributed by atoms with Gasteiger partial charge in [-0.2, -0.15) is 0 Å². The number of rotatable bonds is 6. The molecule has 0 radical (unpaired) electrons. The second-order valence-corrected chi connectivity index (χ2v) is 7.91. The zero-order valence-corrected chi connectivity index (χ0v) is 13.4. The number of sulfone groups is 1. The molecular weight excluding hydrogens is 350 g/mol. The van der Waals surface area contributed by atoms with Gasteiger partial charge in [0, 0.05) is 6.26 Å². The van der Waals surface area contributed by atoms with Gasteiger partial charge in [0.15, 0.2) is 9.84 Å². The van der Waals surface area contributed by atoms with Gasteiger partial charge in [0.1, 0.15) is 0 Å². The molecule has 0 heterocycles. The summed E-state index contributed by atoms with van der Waals surface area (Å²) in [4.78, 5) is -0.374. The fourth-order valence-corrected chi connectivity index (χ4v) is 2.91. The Morgan fingerprint density at radius 2 is 1.52 bits per heavy atom. The summed E-state index contributed by atoms with van der Waals surface area (Å²) >= 11 is 0. The maximum Gasteiger partial charge on any atom is 0.273 e. The van der Waals surface area contributed by atoms with Crippen LogP contribution in [-0.4, -0.2) is 42.1 Å². The standard InChI is InChI=1S/C10H14F2N2O4S2.ClH/c1-19(15,16)8-2-4-9(5-3-8)20(17,18)14-7-10(11,12)6-13;/h2-5,14H,6-7,13H2,1H3;1H. The first-order valence-corrected chi connectivity index (χ1v) is 8.73. The molecule has 1 aromatic carbocycles. The van der Waals surface area contributed by atoms with Gasteiger partial charge in [-0.15, -0.1) is 12.4 Å². The third-order valence-corrected chi connectivity index (χ3v) is 4.93. The van der Waals surface area contributed by atoms with E-state index in [1.165, 1.54) is 0 Å². The number of nitrogens with two attached hydrogens (primary N) is 1. The molecule has 0 aliphatic rings. The van der Waals surface area contributed by atoms with Gasteiger partial charge >= 0.3 is 0 Å². The van der Waals surface area contributed by atoms with Crippen LogP contribution in [-0.2, 0) is 19.9 Å². The number of nitrogens with one attached hydrogen (secondary N) is 1. The van der Waals surface area contributed by atoms with Gasteiger partial charge in [0.25, 0.3) is 5.92 Å². The monoisotopic (exact) mass is 364 g/mol. The van der Waals surface area contributed by atoms with Crippen molar-refractivity contribution in [2.45, 2.75) is 15.7 Å². The average Bonchev–Trinajstić information content (AvgIpc) is 2.36. The Morgan fingerprint density at radius 3 is 1.90 bits per heavy atom. The number of hydrogen-bond acceptors (Lipinski definition) is 5. The number of alkyl halides is 2. The summed E-state index contributed by atoms with van der Waals surface area (Å²) in [5.74, 6) is -3.35. The summed E-state index contributed by atoms with van der Waals surface area (Å²) < 4.78 is 73.4. The number of sulfonamides is 1. The Balaban J connectivity index is 0.00000400. The van der Waals surface area contributed by atoms with Crippen LogP contribution in [0.3, 0.4) is 0 Å². The first-order valence-electron chi connectivity index (χ1n) is 5.36. The Morgan fingerprint density at radius 1 is 1.10 bits per heavy atom. The van der Waals surface area contributed by atoms with Crippen LogP contribution in [0.25, 0.3) is 0 Å². The molecule has 0 bridgehead atoms. The van der Waals surface area contributed by atoms with Gasteiger partial charge in [-0.3, -0.25) is 0 Å². The maximum absolute atomic E-state index is 12.9. The SMILES string of the molecule is CS(=O)(=O)c1ccc(S(=O)(=O)NCC(F)(F)CN)cc1.Cl. The molecule has 11 heteroatoms. The minimum absolute atomic E-state index is 0. The molecule has 122 valence electrons. The topological polar surface area (TPSA) is 106 Å². The van der Waals surface area contributed by atoms with E-state index in [9.17, 15) is 25.6 Å². The Kier molecular flexibility index (Phi) is 6.70. The summed E-state index contributed by atoms with van der Waals surface area (Å²) in [6.07, 6.45) is 0.969.